The molecule has 22 heavy (non-hydrogen) atoms. The van der Waals surface area contributed by atoms with Crippen LogP contribution < -0.4 is 5.63 Å². The zero-order valence-electron chi connectivity index (χ0n) is 12.9. The van der Waals surface area contributed by atoms with E-state index in [-0.39, 0.29) is 24.0 Å². The van der Waals surface area contributed by atoms with E-state index in [4.69, 9.17) is 4.42 Å². The Morgan fingerprint density at radius 1 is 1.27 bits per heavy atom. The monoisotopic (exact) mass is 303 g/mol. The molecule has 0 radical (unpaired) electrons. The van der Waals surface area contributed by atoms with Gasteiger partial charge in [-0.15, -0.1) is 0 Å². The molecule has 1 fully saturated rings. The second-order valence-electron chi connectivity index (χ2n) is 6.25. The highest BCUT2D eigenvalue weighted by Crippen LogP contribution is 2.34. The molecule has 2 heterocycles. The number of carbonyl (C=O) groups is 2. The first-order valence-electron chi connectivity index (χ1n) is 8.10. The first kappa shape index (κ1) is 15.0. The van der Waals surface area contributed by atoms with Gasteiger partial charge in [0.1, 0.15) is 5.76 Å². The van der Waals surface area contributed by atoms with Crippen LogP contribution in [0.2, 0.25) is 0 Å². The minimum absolute atomic E-state index is 0.00672. The van der Waals surface area contributed by atoms with Gasteiger partial charge in [-0.05, 0) is 30.7 Å². The standard InChI is InChI=1S/C17H21NO4/c1-2-8-18-14(19)10-13-16(17(18)21)12(9-15(20)22-13)5-3-4-11-6-7-11/h9,11H,2-8,10H2,1H3. The van der Waals surface area contributed by atoms with Gasteiger partial charge in [0, 0.05) is 12.6 Å². The van der Waals surface area contributed by atoms with Crippen LogP contribution in [0.3, 0.4) is 0 Å². The van der Waals surface area contributed by atoms with Crippen LogP contribution in [0.4, 0.5) is 0 Å². The molecule has 0 aromatic carbocycles. The van der Waals surface area contributed by atoms with Crippen molar-refractivity contribution < 1.29 is 14.0 Å². The van der Waals surface area contributed by atoms with Gasteiger partial charge in [-0.3, -0.25) is 14.5 Å². The smallest absolute Gasteiger partial charge is 0.336 e. The molecule has 0 bridgehead atoms. The summed E-state index contributed by atoms with van der Waals surface area (Å²) >= 11 is 0. The van der Waals surface area contributed by atoms with E-state index in [1.54, 1.807) is 0 Å². The molecule has 2 amide bonds. The quantitative estimate of drug-likeness (QED) is 0.756. The maximum absolute atomic E-state index is 12.6. The Labute approximate surface area is 129 Å². The number of fused-ring (bicyclic) bond motifs is 1. The van der Waals surface area contributed by atoms with Crippen LogP contribution >= 0.6 is 0 Å². The van der Waals surface area contributed by atoms with E-state index in [0.29, 0.717) is 18.5 Å². The van der Waals surface area contributed by atoms with Gasteiger partial charge in [-0.1, -0.05) is 26.2 Å². The molecule has 2 aliphatic rings. The van der Waals surface area contributed by atoms with Gasteiger partial charge in [0.15, 0.2) is 0 Å². The lowest BCUT2D eigenvalue weighted by Gasteiger charge is -2.26. The van der Waals surface area contributed by atoms with Crippen molar-refractivity contribution in [3.05, 3.63) is 33.4 Å². The lowest BCUT2D eigenvalue weighted by molar-refractivity contribution is -0.128. The van der Waals surface area contributed by atoms with Crippen molar-refractivity contribution in [3.8, 4) is 0 Å². The summed E-state index contributed by atoms with van der Waals surface area (Å²) in [6.45, 7) is 2.34. The fourth-order valence-electron chi connectivity index (χ4n) is 3.09. The molecule has 0 atom stereocenters. The van der Waals surface area contributed by atoms with Crippen LogP contribution in [0.5, 0.6) is 0 Å². The van der Waals surface area contributed by atoms with E-state index in [9.17, 15) is 14.4 Å². The van der Waals surface area contributed by atoms with E-state index >= 15 is 0 Å². The maximum atomic E-state index is 12.6. The number of amides is 2. The molecule has 5 heteroatoms. The van der Waals surface area contributed by atoms with E-state index in [0.717, 1.165) is 30.7 Å². The average molecular weight is 303 g/mol. The van der Waals surface area contributed by atoms with Crippen molar-refractivity contribution in [2.45, 2.75) is 51.9 Å². The lowest BCUT2D eigenvalue weighted by atomic mass is 9.96. The van der Waals surface area contributed by atoms with Crippen molar-refractivity contribution >= 4 is 11.8 Å². The highest BCUT2D eigenvalue weighted by atomic mass is 16.4. The Kier molecular flexibility index (Phi) is 4.14. The molecule has 1 aromatic rings. The Hall–Kier alpha value is -1.91. The third kappa shape index (κ3) is 2.98. The summed E-state index contributed by atoms with van der Waals surface area (Å²) in [6, 6.07) is 1.42. The van der Waals surface area contributed by atoms with Crippen molar-refractivity contribution in [2.24, 2.45) is 5.92 Å². The molecule has 0 saturated heterocycles. The highest BCUT2D eigenvalue weighted by Gasteiger charge is 2.34. The molecule has 0 N–H and O–H groups in total. The van der Waals surface area contributed by atoms with Gasteiger partial charge >= 0.3 is 5.63 Å². The summed E-state index contributed by atoms with van der Waals surface area (Å²) in [6.07, 6.45) is 6.13. The highest BCUT2D eigenvalue weighted by molar-refractivity contribution is 6.09. The molecule has 1 aliphatic heterocycles. The summed E-state index contributed by atoms with van der Waals surface area (Å²) in [5.74, 6) is 0.483. The minimum atomic E-state index is -0.468. The molecular formula is C17H21NO4. The van der Waals surface area contributed by atoms with Gasteiger partial charge in [0.2, 0.25) is 5.91 Å². The molecule has 118 valence electrons. The molecule has 1 saturated carbocycles. The fourth-order valence-corrected chi connectivity index (χ4v) is 3.09. The van der Waals surface area contributed by atoms with Gasteiger partial charge in [-0.2, -0.15) is 0 Å². The van der Waals surface area contributed by atoms with Gasteiger partial charge in [0.25, 0.3) is 5.91 Å². The average Bonchev–Trinajstić information content (AvgIpc) is 3.26. The summed E-state index contributed by atoms with van der Waals surface area (Å²) in [5.41, 5.74) is 0.721. The van der Waals surface area contributed by atoms with E-state index in [2.05, 4.69) is 0 Å². The molecule has 1 aromatic heterocycles. The van der Waals surface area contributed by atoms with Crippen LogP contribution in [0.1, 0.15) is 60.7 Å². The van der Waals surface area contributed by atoms with Gasteiger partial charge in [-0.25, -0.2) is 4.79 Å². The maximum Gasteiger partial charge on any atom is 0.336 e. The second kappa shape index (κ2) is 6.07. The zero-order valence-corrected chi connectivity index (χ0v) is 12.9. The number of hydrogen-bond donors (Lipinski definition) is 0. The fraction of sp³-hybridized carbons (Fsp3) is 0.588. The van der Waals surface area contributed by atoms with E-state index in [1.807, 2.05) is 6.92 Å². The third-order valence-corrected chi connectivity index (χ3v) is 4.39. The summed E-state index contributed by atoms with van der Waals surface area (Å²) in [7, 11) is 0. The zero-order chi connectivity index (χ0) is 15.7. The number of rotatable bonds is 6. The van der Waals surface area contributed by atoms with Crippen molar-refractivity contribution in [3.63, 3.8) is 0 Å². The van der Waals surface area contributed by atoms with Crippen LogP contribution in [0.25, 0.3) is 0 Å². The molecular weight excluding hydrogens is 282 g/mol. The van der Waals surface area contributed by atoms with Gasteiger partial charge < -0.3 is 4.42 Å². The summed E-state index contributed by atoms with van der Waals surface area (Å²) in [4.78, 5) is 37.6. The van der Waals surface area contributed by atoms with Crippen molar-refractivity contribution in [2.75, 3.05) is 6.54 Å². The number of imide groups is 1. The first-order valence-corrected chi connectivity index (χ1v) is 8.10. The normalized spacial score (nSPS) is 17.8. The Morgan fingerprint density at radius 3 is 2.73 bits per heavy atom. The number of nitrogens with zero attached hydrogens (tertiary/aromatic N) is 1. The topological polar surface area (TPSA) is 67.6 Å². The molecule has 3 rings (SSSR count). The molecule has 0 spiro atoms. The van der Waals surface area contributed by atoms with Crippen LogP contribution in [-0.4, -0.2) is 23.3 Å². The van der Waals surface area contributed by atoms with Crippen LogP contribution in [0, 0.1) is 5.92 Å². The van der Waals surface area contributed by atoms with Gasteiger partial charge in [0.05, 0.1) is 12.0 Å². The number of carbonyl (C=O) groups excluding carboxylic acids is 2. The minimum Gasteiger partial charge on any atom is -0.426 e. The third-order valence-electron chi connectivity index (χ3n) is 4.39. The molecule has 1 aliphatic carbocycles. The predicted octanol–water partition coefficient (Wildman–Crippen LogP) is 2.31. The second-order valence-corrected chi connectivity index (χ2v) is 6.25. The Morgan fingerprint density at radius 2 is 2.05 bits per heavy atom. The predicted molar refractivity (Wildman–Crippen MR) is 80.7 cm³/mol. The summed E-state index contributed by atoms with van der Waals surface area (Å²) < 4.78 is 5.12. The number of aryl methyl sites for hydroxylation is 1. The largest absolute Gasteiger partial charge is 0.426 e. The van der Waals surface area contributed by atoms with E-state index in [1.165, 1.54) is 23.8 Å². The lowest BCUT2D eigenvalue weighted by Crippen LogP contribution is -2.43. The molecule has 0 unspecified atom stereocenters. The SMILES string of the molecule is CCCN1C(=O)Cc2oc(=O)cc(CCCC3CC3)c2C1=O. The Balaban J connectivity index is 1.89. The first-order chi connectivity index (χ1) is 10.6. The Bertz CT molecular complexity index is 657. The van der Waals surface area contributed by atoms with Crippen LogP contribution in [-0.2, 0) is 17.6 Å². The molecule has 5 nitrogen and oxygen atoms in total. The van der Waals surface area contributed by atoms with Crippen LogP contribution in [0.15, 0.2) is 15.3 Å². The van der Waals surface area contributed by atoms with Crippen molar-refractivity contribution in [1.82, 2.24) is 4.90 Å². The van der Waals surface area contributed by atoms with Crippen molar-refractivity contribution in [1.29, 1.82) is 0 Å². The summed E-state index contributed by atoms with van der Waals surface area (Å²) in [5, 5.41) is 0. The van der Waals surface area contributed by atoms with E-state index < -0.39 is 5.63 Å². The number of hydrogen-bond acceptors (Lipinski definition) is 4.